The monoisotopic (exact) mass is 367 g/mol. The van der Waals surface area contributed by atoms with E-state index in [2.05, 4.69) is 16.0 Å². The second kappa shape index (κ2) is 5.74. The standard InChI is InChI=1S/C17H9N3O5S/c21-13-9-3-1-7(5-10(9)14(22)18-13)12-4-2-8(25-12)6-11-15(23)19-17(26)20-16(11)24/h1-6H,(H,18,21,22)(H2,19,20,23,24,26). The molecule has 0 bridgehead atoms. The lowest BCUT2D eigenvalue weighted by molar-refractivity contribution is -0.123. The van der Waals surface area contributed by atoms with E-state index in [4.69, 9.17) is 16.6 Å². The summed E-state index contributed by atoms with van der Waals surface area (Å²) in [6.45, 7) is 0. The molecule has 4 amide bonds. The number of carbonyl (C=O) groups is 4. The fourth-order valence-electron chi connectivity index (χ4n) is 2.66. The first-order valence-corrected chi connectivity index (χ1v) is 7.81. The zero-order valence-electron chi connectivity index (χ0n) is 12.9. The molecule has 1 fully saturated rings. The number of hydrogen-bond donors (Lipinski definition) is 3. The second-order valence-corrected chi connectivity index (χ2v) is 5.95. The molecule has 2 aliphatic rings. The van der Waals surface area contributed by atoms with Gasteiger partial charge in [0, 0.05) is 5.56 Å². The molecule has 3 heterocycles. The summed E-state index contributed by atoms with van der Waals surface area (Å²) in [4.78, 5) is 47.0. The Hall–Kier alpha value is -3.59. The summed E-state index contributed by atoms with van der Waals surface area (Å²) in [5.74, 6) is -1.46. The topological polar surface area (TPSA) is 118 Å². The van der Waals surface area contributed by atoms with Gasteiger partial charge >= 0.3 is 0 Å². The Bertz CT molecular complexity index is 1040. The van der Waals surface area contributed by atoms with Crippen LogP contribution < -0.4 is 16.0 Å². The van der Waals surface area contributed by atoms with Gasteiger partial charge in [-0.25, -0.2) is 0 Å². The lowest BCUT2D eigenvalue weighted by Crippen LogP contribution is -2.51. The summed E-state index contributed by atoms with van der Waals surface area (Å²) in [6.07, 6.45) is 1.29. The summed E-state index contributed by atoms with van der Waals surface area (Å²) < 4.78 is 5.63. The minimum Gasteiger partial charge on any atom is -0.457 e. The SMILES string of the molecule is O=C1NC(=S)NC(=O)C1=Cc1ccc(-c2ccc3c(c2)C(=O)NC3=O)o1. The van der Waals surface area contributed by atoms with Crippen LogP contribution in [0, 0.1) is 0 Å². The van der Waals surface area contributed by atoms with Crippen LogP contribution in [0.15, 0.2) is 40.3 Å². The van der Waals surface area contributed by atoms with E-state index in [9.17, 15) is 19.2 Å². The molecule has 1 aromatic carbocycles. The summed E-state index contributed by atoms with van der Waals surface area (Å²) in [5, 5.41) is 6.82. The van der Waals surface area contributed by atoms with Gasteiger partial charge in [-0.15, -0.1) is 0 Å². The van der Waals surface area contributed by atoms with Crippen molar-refractivity contribution in [1.29, 1.82) is 0 Å². The lowest BCUT2D eigenvalue weighted by Gasteiger charge is -2.15. The van der Waals surface area contributed by atoms with Gasteiger partial charge in [0.2, 0.25) is 0 Å². The van der Waals surface area contributed by atoms with Crippen LogP contribution in [0.2, 0.25) is 0 Å². The van der Waals surface area contributed by atoms with Crippen molar-refractivity contribution in [1.82, 2.24) is 16.0 Å². The predicted octanol–water partition coefficient (Wildman–Crippen LogP) is 0.744. The average molecular weight is 367 g/mol. The fraction of sp³-hybridized carbons (Fsp3) is 0. The van der Waals surface area contributed by atoms with E-state index in [-0.39, 0.29) is 22.0 Å². The predicted molar refractivity (Wildman–Crippen MR) is 92.8 cm³/mol. The van der Waals surface area contributed by atoms with E-state index in [0.29, 0.717) is 16.9 Å². The molecule has 9 heteroatoms. The van der Waals surface area contributed by atoms with Gasteiger partial charge in [-0.2, -0.15) is 0 Å². The maximum Gasteiger partial charge on any atom is 0.263 e. The Morgan fingerprint density at radius 1 is 0.808 bits per heavy atom. The highest BCUT2D eigenvalue weighted by Crippen LogP contribution is 2.27. The van der Waals surface area contributed by atoms with Crippen LogP contribution in [0.1, 0.15) is 26.5 Å². The number of thiocarbonyl (C=S) groups is 1. The number of furan rings is 1. The van der Waals surface area contributed by atoms with Crippen molar-refractivity contribution in [3.05, 3.63) is 52.8 Å². The molecule has 3 N–H and O–H groups in total. The van der Waals surface area contributed by atoms with Gasteiger partial charge < -0.3 is 4.42 Å². The van der Waals surface area contributed by atoms with Crippen molar-refractivity contribution >= 4 is 47.0 Å². The van der Waals surface area contributed by atoms with Crippen LogP contribution in [0.25, 0.3) is 17.4 Å². The molecule has 26 heavy (non-hydrogen) atoms. The summed E-state index contributed by atoms with van der Waals surface area (Å²) in [5.41, 5.74) is 1.01. The molecule has 2 aliphatic heterocycles. The van der Waals surface area contributed by atoms with Gasteiger partial charge in [0.05, 0.1) is 11.1 Å². The van der Waals surface area contributed by atoms with Gasteiger partial charge in [-0.1, -0.05) is 6.07 Å². The Morgan fingerprint density at radius 3 is 2.23 bits per heavy atom. The van der Waals surface area contributed by atoms with E-state index in [1.165, 1.54) is 12.1 Å². The third-order valence-electron chi connectivity index (χ3n) is 3.88. The molecule has 0 unspecified atom stereocenters. The molecule has 2 aromatic rings. The summed E-state index contributed by atoms with van der Waals surface area (Å²) >= 11 is 4.73. The molecule has 8 nitrogen and oxygen atoms in total. The van der Waals surface area contributed by atoms with Crippen molar-refractivity contribution in [2.24, 2.45) is 0 Å². The first-order valence-electron chi connectivity index (χ1n) is 7.40. The number of amides is 4. The van der Waals surface area contributed by atoms with E-state index in [1.54, 1.807) is 24.3 Å². The zero-order chi connectivity index (χ0) is 18.4. The first-order chi connectivity index (χ1) is 12.4. The van der Waals surface area contributed by atoms with Crippen molar-refractivity contribution in [3.63, 3.8) is 0 Å². The van der Waals surface area contributed by atoms with E-state index < -0.39 is 23.6 Å². The van der Waals surface area contributed by atoms with Gasteiger partial charge in [-0.05, 0) is 42.6 Å². The number of benzene rings is 1. The normalized spacial score (nSPS) is 16.2. The van der Waals surface area contributed by atoms with Crippen LogP contribution in [0.5, 0.6) is 0 Å². The molecule has 0 aliphatic carbocycles. The molecule has 0 radical (unpaired) electrons. The lowest BCUT2D eigenvalue weighted by atomic mass is 10.0. The highest BCUT2D eigenvalue weighted by atomic mass is 32.1. The molecule has 0 spiro atoms. The first kappa shape index (κ1) is 15.9. The van der Waals surface area contributed by atoms with Crippen LogP contribution >= 0.6 is 12.2 Å². The van der Waals surface area contributed by atoms with Crippen molar-refractivity contribution in [3.8, 4) is 11.3 Å². The molecular weight excluding hydrogens is 358 g/mol. The fourth-order valence-corrected chi connectivity index (χ4v) is 2.84. The van der Waals surface area contributed by atoms with Crippen LogP contribution in [0.3, 0.4) is 0 Å². The molecule has 128 valence electrons. The summed E-state index contributed by atoms with van der Waals surface area (Å²) in [7, 11) is 0. The number of imide groups is 1. The minimum atomic E-state index is -0.621. The third kappa shape index (κ3) is 2.60. The second-order valence-electron chi connectivity index (χ2n) is 5.54. The number of rotatable bonds is 2. The molecular formula is C17H9N3O5S. The van der Waals surface area contributed by atoms with Gasteiger partial charge in [0.15, 0.2) is 5.11 Å². The van der Waals surface area contributed by atoms with Crippen LogP contribution in [-0.4, -0.2) is 28.7 Å². The Labute approximate surface area is 151 Å². The maximum absolute atomic E-state index is 11.8. The van der Waals surface area contributed by atoms with Gasteiger partial charge in [0.25, 0.3) is 23.6 Å². The van der Waals surface area contributed by atoms with Crippen molar-refractivity contribution in [2.45, 2.75) is 0 Å². The Kier molecular flexibility index (Phi) is 3.51. The Morgan fingerprint density at radius 2 is 1.50 bits per heavy atom. The van der Waals surface area contributed by atoms with Crippen LogP contribution in [0.4, 0.5) is 0 Å². The molecule has 1 saturated heterocycles. The number of nitrogens with one attached hydrogen (secondary N) is 3. The highest BCUT2D eigenvalue weighted by Gasteiger charge is 2.28. The Balaban J connectivity index is 1.66. The molecule has 0 saturated carbocycles. The van der Waals surface area contributed by atoms with Crippen LogP contribution in [-0.2, 0) is 9.59 Å². The van der Waals surface area contributed by atoms with Gasteiger partial charge in [0.1, 0.15) is 17.1 Å². The number of fused-ring (bicyclic) bond motifs is 1. The van der Waals surface area contributed by atoms with E-state index in [0.717, 1.165) is 0 Å². The number of hydrogen-bond acceptors (Lipinski definition) is 6. The van der Waals surface area contributed by atoms with Crippen molar-refractivity contribution < 1.29 is 23.6 Å². The third-order valence-corrected chi connectivity index (χ3v) is 4.08. The number of carbonyl (C=O) groups excluding carboxylic acids is 4. The quantitative estimate of drug-likeness (QED) is 0.312. The van der Waals surface area contributed by atoms with E-state index in [1.807, 2.05) is 0 Å². The average Bonchev–Trinajstić information content (AvgIpc) is 3.16. The zero-order valence-corrected chi connectivity index (χ0v) is 13.7. The summed E-state index contributed by atoms with van der Waals surface area (Å²) in [6, 6.07) is 7.93. The smallest absolute Gasteiger partial charge is 0.263 e. The highest BCUT2D eigenvalue weighted by molar-refractivity contribution is 7.80. The molecule has 4 rings (SSSR count). The van der Waals surface area contributed by atoms with E-state index >= 15 is 0 Å². The van der Waals surface area contributed by atoms with Crippen molar-refractivity contribution in [2.75, 3.05) is 0 Å². The van der Waals surface area contributed by atoms with Gasteiger partial charge in [-0.3, -0.25) is 35.1 Å². The largest absolute Gasteiger partial charge is 0.457 e. The minimum absolute atomic E-state index is 0.0525. The molecule has 1 aromatic heterocycles. The maximum atomic E-state index is 11.8. The molecule has 0 atom stereocenters.